The van der Waals surface area contributed by atoms with E-state index in [0.29, 0.717) is 13.1 Å². The zero-order chi connectivity index (χ0) is 16.4. The van der Waals surface area contributed by atoms with Crippen molar-refractivity contribution in [1.29, 1.82) is 0 Å². The summed E-state index contributed by atoms with van der Waals surface area (Å²) in [5, 5.41) is 2.93. The average Bonchev–Trinajstić information content (AvgIpc) is 2.89. The Hall–Kier alpha value is -2.08. The van der Waals surface area contributed by atoms with Crippen LogP contribution in [0.3, 0.4) is 0 Å². The first kappa shape index (κ1) is 15.8. The molecule has 2 aliphatic heterocycles. The third-order valence-electron chi connectivity index (χ3n) is 4.51. The van der Waals surface area contributed by atoms with Gasteiger partial charge in [-0.1, -0.05) is 12.1 Å². The van der Waals surface area contributed by atoms with Crippen molar-refractivity contribution in [3.8, 4) is 5.75 Å². The van der Waals surface area contributed by atoms with Crippen LogP contribution in [0.4, 0.5) is 0 Å². The van der Waals surface area contributed by atoms with Crippen LogP contribution in [0.1, 0.15) is 18.9 Å². The zero-order valence-electron chi connectivity index (χ0n) is 13.6. The molecule has 2 amide bonds. The second kappa shape index (κ2) is 6.58. The molecular weight excluding hydrogens is 294 g/mol. The second-order valence-electron chi connectivity index (χ2n) is 6.35. The van der Waals surface area contributed by atoms with Crippen LogP contribution in [0, 0.1) is 0 Å². The Morgan fingerprint density at radius 3 is 2.96 bits per heavy atom. The van der Waals surface area contributed by atoms with Crippen LogP contribution in [-0.2, 0) is 16.1 Å². The van der Waals surface area contributed by atoms with Gasteiger partial charge >= 0.3 is 0 Å². The minimum Gasteiger partial charge on any atom is -0.497 e. The van der Waals surface area contributed by atoms with Crippen molar-refractivity contribution in [3.63, 3.8) is 0 Å². The first-order valence-corrected chi connectivity index (χ1v) is 7.97. The Labute approximate surface area is 136 Å². The Morgan fingerprint density at radius 2 is 2.22 bits per heavy atom. The summed E-state index contributed by atoms with van der Waals surface area (Å²) in [6.45, 7) is 4.17. The van der Waals surface area contributed by atoms with E-state index in [9.17, 15) is 9.59 Å². The molecule has 1 aromatic rings. The number of piperazine rings is 1. The van der Waals surface area contributed by atoms with Crippen molar-refractivity contribution in [3.05, 3.63) is 29.8 Å². The van der Waals surface area contributed by atoms with Gasteiger partial charge < -0.3 is 15.0 Å². The smallest absolute Gasteiger partial charge is 0.237 e. The van der Waals surface area contributed by atoms with Crippen molar-refractivity contribution in [2.24, 2.45) is 0 Å². The minimum atomic E-state index is -0.0319. The van der Waals surface area contributed by atoms with Crippen molar-refractivity contribution >= 4 is 11.8 Å². The number of fused-ring (bicyclic) bond motifs is 1. The highest BCUT2D eigenvalue weighted by Gasteiger charge is 2.40. The number of methoxy groups -OCH3 is 1. The van der Waals surface area contributed by atoms with Gasteiger partial charge in [-0.05, 0) is 24.1 Å². The van der Waals surface area contributed by atoms with Gasteiger partial charge in [-0.15, -0.1) is 0 Å². The summed E-state index contributed by atoms with van der Waals surface area (Å²) in [5.74, 6) is 0.951. The lowest BCUT2D eigenvalue weighted by atomic mass is 10.1. The number of benzene rings is 1. The predicted molar refractivity (Wildman–Crippen MR) is 86.0 cm³/mol. The molecule has 2 saturated heterocycles. The quantitative estimate of drug-likeness (QED) is 0.884. The Balaban J connectivity index is 1.63. The summed E-state index contributed by atoms with van der Waals surface area (Å²) in [7, 11) is 1.65. The first-order chi connectivity index (χ1) is 11.0. The van der Waals surface area contributed by atoms with E-state index in [1.165, 1.54) is 6.92 Å². The van der Waals surface area contributed by atoms with E-state index in [2.05, 4.69) is 10.2 Å². The molecule has 23 heavy (non-hydrogen) atoms. The fourth-order valence-corrected chi connectivity index (χ4v) is 3.58. The van der Waals surface area contributed by atoms with Gasteiger partial charge in [0.15, 0.2) is 0 Å². The lowest BCUT2D eigenvalue weighted by Crippen LogP contribution is -2.53. The Morgan fingerprint density at radius 1 is 1.39 bits per heavy atom. The molecule has 2 aliphatic rings. The summed E-state index contributed by atoms with van der Waals surface area (Å²) in [4.78, 5) is 27.7. The van der Waals surface area contributed by atoms with Gasteiger partial charge in [0.1, 0.15) is 5.75 Å². The van der Waals surface area contributed by atoms with Gasteiger partial charge in [-0.3, -0.25) is 14.5 Å². The number of rotatable bonds is 4. The van der Waals surface area contributed by atoms with Crippen LogP contribution in [0.15, 0.2) is 24.3 Å². The monoisotopic (exact) mass is 317 g/mol. The van der Waals surface area contributed by atoms with Gasteiger partial charge in [-0.2, -0.15) is 0 Å². The van der Waals surface area contributed by atoms with Gasteiger partial charge in [0.05, 0.1) is 13.7 Å². The largest absolute Gasteiger partial charge is 0.497 e. The maximum Gasteiger partial charge on any atom is 0.237 e. The molecule has 124 valence electrons. The number of nitrogens with zero attached hydrogens (tertiary/aromatic N) is 2. The second-order valence-corrected chi connectivity index (χ2v) is 6.35. The maximum atomic E-state index is 12.4. The minimum absolute atomic E-state index is 0.0319. The topological polar surface area (TPSA) is 61.9 Å². The van der Waals surface area contributed by atoms with Crippen LogP contribution in [0.2, 0.25) is 0 Å². The van der Waals surface area contributed by atoms with Crippen LogP contribution in [0.25, 0.3) is 0 Å². The third-order valence-corrected chi connectivity index (χ3v) is 4.51. The van der Waals surface area contributed by atoms with E-state index < -0.39 is 0 Å². The van der Waals surface area contributed by atoms with E-state index in [4.69, 9.17) is 4.74 Å². The Kier molecular flexibility index (Phi) is 4.52. The van der Waals surface area contributed by atoms with E-state index in [-0.39, 0.29) is 23.9 Å². The van der Waals surface area contributed by atoms with Crippen LogP contribution >= 0.6 is 0 Å². The van der Waals surface area contributed by atoms with Gasteiger partial charge in [0.2, 0.25) is 11.8 Å². The van der Waals surface area contributed by atoms with Crippen molar-refractivity contribution < 1.29 is 14.3 Å². The number of amides is 2. The molecule has 2 fully saturated rings. The molecule has 0 bridgehead atoms. The van der Waals surface area contributed by atoms with Gasteiger partial charge in [0.25, 0.3) is 0 Å². The highest BCUT2D eigenvalue weighted by atomic mass is 16.5. The Bertz CT molecular complexity index is 605. The average molecular weight is 317 g/mol. The summed E-state index contributed by atoms with van der Waals surface area (Å²) >= 11 is 0. The van der Waals surface area contributed by atoms with Crippen molar-refractivity contribution in [2.45, 2.75) is 32.0 Å². The standard InChI is InChI=1S/C17H23N3O3/c1-12(21)18-14-7-15-10-19(11-17(22)20(15)9-14)8-13-4-3-5-16(6-13)23-2/h3-6,14-15H,7-11H2,1-2H3,(H,18,21)/t14-,15-/m0/s1. The molecule has 3 rings (SSSR count). The summed E-state index contributed by atoms with van der Waals surface area (Å²) < 4.78 is 5.25. The number of ether oxygens (including phenoxy) is 1. The molecule has 0 unspecified atom stereocenters. The molecule has 0 aliphatic carbocycles. The molecule has 1 N–H and O–H groups in total. The molecule has 1 aromatic carbocycles. The maximum absolute atomic E-state index is 12.4. The van der Waals surface area contributed by atoms with Crippen LogP contribution < -0.4 is 10.1 Å². The summed E-state index contributed by atoms with van der Waals surface area (Å²) in [5.41, 5.74) is 1.14. The number of carbonyl (C=O) groups is 2. The van der Waals surface area contributed by atoms with E-state index >= 15 is 0 Å². The normalized spacial score (nSPS) is 24.4. The highest BCUT2D eigenvalue weighted by Crippen LogP contribution is 2.24. The van der Waals surface area contributed by atoms with Crippen LogP contribution in [-0.4, -0.2) is 60.4 Å². The highest BCUT2D eigenvalue weighted by molar-refractivity contribution is 5.80. The number of hydrogen-bond donors (Lipinski definition) is 1. The lowest BCUT2D eigenvalue weighted by Gasteiger charge is -2.36. The SMILES string of the molecule is COc1cccc(CN2CC(=O)N3C[C@@H](NC(C)=O)C[C@H]3C2)c1. The van der Waals surface area contributed by atoms with E-state index in [0.717, 1.165) is 30.8 Å². The molecule has 2 atom stereocenters. The first-order valence-electron chi connectivity index (χ1n) is 7.97. The van der Waals surface area contributed by atoms with Gasteiger partial charge in [0, 0.05) is 38.6 Å². The third kappa shape index (κ3) is 3.64. The van der Waals surface area contributed by atoms with E-state index in [1.54, 1.807) is 7.11 Å². The number of hydrogen-bond acceptors (Lipinski definition) is 4. The van der Waals surface area contributed by atoms with Crippen LogP contribution in [0.5, 0.6) is 5.75 Å². The lowest BCUT2D eigenvalue weighted by molar-refractivity contribution is -0.138. The summed E-state index contributed by atoms with van der Waals surface area (Å²) in [6.07, 6.45) is 0.833. The summed E-state index contributed by atoms with van der Waals surface area (Å²) in [6, 6.07) is 8.22. The number of nitrogens with one attached hydrogen (secondary N) is 1. The molecule has 0 aromatic heterocycles. The molecular formula is C17H23N3O3. The van der Waals surface area contributed by atoms with E-state index in [1.807, 2.05) is 29.2 Å². The van der Waals surface area contributed by atoms with Crippen molar-refractivity contribution in [1.82, 2.24) is 15.1 Å². The fraction of sp³-hybridized carbons (Fsp3) is 0.529. The van der Waals surface area contributed by atoms with Crippen molar-refractivity contribution in [2.75, 3.05) is 26.7 Å². The molecule has 0 radical (unpaired) electrons. The zero-order valence-corrected chi connectivity index (χ0v) is 13.6. The molecule has 6 nitrogen and oxygen atoms in total. The molecule has 6 heteroatoms. The molecule has 0 saturated carbocycles. The number of carbonyl (C=O) groups excluding carboxylic acids is 2. The fourth-order valence-electron chi connectivity index (χ4n) is 3.58. The molecule has 0 spiro atoms. The predicted octanol–water partition coefficient (Wildman–Crippen LogP) is 0.616. The molecule has 2 heterocycles. The van der Waals surface area contributed by atoms with Gasteiger partial charge in [-0.25, -0.2) is 0 Å².